The van der Waals surface area contributed by atoms with E-state index in [0.717, 1.165) is 16.5 Å². The third kappa shape index (κ3) is 5.21. The fourth-order valence-corrected chi connectivity index (χ4v) is 4.00. The Morgan fingerprint density at radius 2 is 2.09 bits per heavy atom. The van der Waals surface area contributed by atoms with Gasteiger partial charge in [-0.3, -0.25) is 0 Å². The molecule has 3 N–H and O–H groups in total. The van der Waals surface area contributed by atoms with Crippen LogP contribution in [0.15, 0.2) is 23.1 Å². The molecule has 1 atom stereocenters. The fraction of sp³-hybridized carbons (Fsp3) is 0.588. The molecular weight excluding hydrogens is 296 g/mol. The lowest BCUT2D eigenvalue weighted by atomic mass is 10.0. The second-order valence-electron chi connectivity index (χ2n) is 6.04. The van der Waals surface area contributed by atoms with Crippen LogP contribution in [0.1, 0.15) is 44.6 Å². The van der Waals surface area contributed by atoms with Crippen LogP contribution in [0.5, 0.6) is 0 Å². The summed E-state index contributed by atoms with van der Waals surface area (Å²) in [5.41, 5.74) is 1.88. The van der Waals surface area contributed by atoms with Crippen molar-refractivity contribution < 1.29 is 9.90 Å². The Balaban J connectivity index is 1.92. The monoisotopic (exact) mass is 322 g/mol. The van der Waals surface area contributed by atoms with Gasteiger partial charge < -0.3 is 15.7 Å². The molecule has 5 heteroatoms. The first-order valence-corrected chi connectivity index (χ1v) is 8.92. The highest BCUT2D eigenvalue weighted by Gasteiger charge is 2.15. The maximum atomic E-state index is 11.8. The van der Waals surface area contributed by atoms with Crippen LogP contribution >= 0.6 is 11.8 Å². The largest absolute Gasteiger partial charge is 0.394 e. The van der Waals surface area contributed by atoms with Crippen LogP contribution in [0.25, 0.3) is 0 Å². The van der Waals surface area contributed by atoms with Crippen LogP contribution in [0, 0.1) is 6.92 Å². The predicted octanol–water partition coefficient (Wildman–Crippen LogP) is 3.92. The number of aliphatic hydroxyl groups is 1. The number of hydrogen-bond acceptors (Lipinski definition) is 3. The zero-order valence-corrected chi connectivity index (χ0v) is 14.2. The quantitative estimate of drug-likeness (QED) is 0.770. The van der Waals surface area contributed by atoms with Gasteiger partial charge in [0.15, 0.2) is 0 Å². The van der Waals surface area contributed by atoms with E-state index in [2.05, 4.69) is 22.8 Å². The summed E-state index contributed by atoms with van der Waals surface area (Å²) in [6, 6.07) is 5.66. The highest BCUT2D eigenvalue weighted by molar-refractivity contribution is 8.00. The maximum Gasteiger partial charge on any atom is 0.319 e. The summed E-state index contributed by atoms with van der Waals surface area (Å²) in [4.78, 5) is 13.1. The second-order valence-corrected chi connectivity index (χ2v) is 7.41. The smallest absolute Gasteiger partial charge is 0.319 e. The lowest BCUT2D eigenvalue weighted by molar-refractivity contribution is 0.229. The Morgan fingerprint density at radius 3 is 2.73 bits per heavy atom. The van der Waals surface area contributed by atoms with Crippen LogP contribution in [0.4, 0.5) is 10.5 Å². The van der Waals surface area contributed by atoms with Crippen LogP contribution in [-0.2, 0) is 0 Å². The fourth-order valence-electron chi connectivity index (χ4n) is 2.65. The standard InChI is InChI=1S/C17H26N2O2S/c1-12-10-15(22-14-6-4-3-5-7-14)8-9-16(12)19-17(21)18-13(2)11-20/h8-10,13-14,20H,3-7,11H2,1-2H3,(H2,18,19,21). The van der Waals surface area contributed by atoms with Crippen LogP contribution in [0.2, 0.25) is 0 Å². The van der Waals surface area contributed by atoms with E-state index in [1.807, 2.05) is 24.8 Å². The molecule has 0 aliphatic heterocycles. The van der Waals surface area contributed by atoms with Crippen LogP contribution < -0.4 is 10.6 Å². The van der Waals surface area contributed by atoms with Gasteiger partial charge in [-0.05, 0) is 50.5 Å². The zero-order valence-electron chi connectivity index (χ0n) is 13.4. The van der Waals surface area contributed by atoms with Crippen LogP contribution in [0.3, 0.4) is 0 Å². The van der Waals surface area contributed by atoms with Gasteiger partial charge in [0.1, 0.15) is 0 Å². The van der Waals surface area contributed by atoms with Crippen molar-refractivity contribution in [3.05, 3.63) is 23.8 Å². The van der Waals surface area contributed by atoms with E-state index < -0.39 is 0 Å². The van der Waals surface area contributed by atoms with Gasteiger partial charge >= 0.3 is 6.03 Å². The Bertz CT molecular complexity index is 501. The van der Waals surface area contributed by atoms with E-state index in [0.29, 0.717) is 0 Å². The number of carbonyl (C=O) groups is 1. The molecule has 0 heterocycles. The number of carbonyl (C=O) groups excluding carboxylic acids is 1. The Morgan fingerprint density at radius 1 is 1.36 bits per heavy atom. The first-order valence-electron chi connectivity index (χ1n) is 8.04. The minimum absolute atomic E-state index is 0.0661. The minimum atomic E-state index is -0.280. The van der Waals surface area contributed by atoms with E-state index >= 15 is 0 Å². The van der Waals surface area contributed by atoms with Gasteiger partial charge in [-0.2, -0.15) is 0 Å². The molecule has 1 unspecified atom stereocenters. The van der Waals surface area contributed by atoms with Gasteiger partial charge in [0.2, 0.25) is 0 Å². The first kappa shape index (κ1) is 17.2. The van der Waals surface area contributed by atoms with Crippen molar-refractivity contribution in [1.82, 2.24) is 5.32 Å². The molecule has 0 radical (unpaired) electrons. The molecule has 2 rings (SSSR count). The van der Waals surface area contributed by atoms with E-state index in [4.69, 9.17) is 5.11 Å². The van der Waals surface area contributed by atoms with Crippen molar-refractivity contribution in [2.24, 2.45) is 0 Å². The second kappa shape index (κ2) is 8.44. The summed E-state index contributed by atoms with van der Waals surface area (Å²) in [6.07, 6.45) is 6.69. The lowest BCUT2D eigenvalue weighted by Gasteiger charge is -2.21. The summed E-state index contributed by atoms with van der Waals surface area (Å²) in [6.45, 7) is 3.70. The van der Waals surface area contributed by atoms with E-state index in [1.165, 1.54) is 37.0 Å². The number of amides is 2. The molecule has 1 fully saturated rings. The number of urea groups is 1. The number of thioether (sulfide) groups is 1. The summed E-state index contributed by atoms with van der Waals surface area (Å²) in [5, 5.41) is 15.2. The number of anilines is 1. The number of hydrogen-bond donors (Lipinski definition) is 3. The molecule has 2 amide bonds. The van der Waals surface area contributed by atoms with Gasteiger partial charge in [-0.25, -0.2) is 4.79 Å². The van der Waals surface area contributed by atoms with Crippen molar-refractivity contribution in [3.8, 4) is 0 Å². The summed E-state index contributed by atoms with van der Waals surface area (Å²) < 4.78 is 0. The molecule has 1 saturated carbocycles. The lowest BCUT2D eigenvalue weighted by Crippen LogP contribution is -2.38. The third-order valence-corrected chi connectivity index (χ3v) is 5.28. The normalized spacial score (nSPS) is 17.0. The summed E-state index contributed by atoms with van der Waals surface area (Å²) in [7, 11) is 0. The van der Waals surface area contributed by atoms with Crippen molar-refractivity contribution in [1.29, 1.82) is 0 Å². The van der Waals surface area contributed by atoms with Gasteiger partial charge in [0, 0.05) is 15.8 Å². The van der Waals surface area contributed by atoms with Gasteiger partial charge in [-0.1, -0.05) is 19.3 Å². The molecule has 22 heavy (non-hydrogen) atoms. The summed E-state index contributed by atoms with van der Waals surface area (Å²) in [5.74, 6) is 0. The third-order valence-electron chi connectivity index (χ3n) is 3.95. The molecule has 0 bridgehead atoms. The number of aliphatic hydroxyl groups excluding tert-OH is 1. The number of aryl methyl sites for hydroxylation is 1. The average Bonchev–Trinajstić information content (AvgIpc) is 2.51. The van der Waals surface area contributed by atoms with E-state index in [1.54, 1.807) is 6.92 Å². The molecule has 0 spiro atoms. The molecule has 1 aromatic carbocycles. The SMILES string of the molecule is Cc1cc(SC2CCCCC2)ccc1NC(=O)NC(C)CO. The molecule has 0 saturated heterocycles. The average molecular weight is 322 g/mol. The number of benzene rings is 1. The Labute approximate surface area is 137 Å². The van der Waals surface area contributed by atoms with Crippen LogP contribution in [-0.4, -0.2) is 29.0 Å². The molecule has 1 aromatic rings. The topological polar surface area (TPSA) is 61.4 Å². The van der Waals surface area contributed by atoms with Gasteiger partial charge in [-0.15, -0.1) is 11.8 Å². The first-order chi connectivity index (χ1) is 10.6. The van der Waals surface area contributed by atoms with Crippen molar-refractivity contribution in [2.45, 2.75) is 62.1 Å². The Hall–Kier alpha value is -1.20. The molecule has 122 valence electrons. The molecule has 1 aliphatic carbocycles. The highest BCUT2D eigenvalue weighted by Crippen LogP contribution is 2.34. The van der Waals surface area contributed by atoms with Crippen molar-refractivity contribution in [2.75, 3.05) is 11.9 Å². The van der Waals surface area contributed by atoms with E-state index in [-0.39, 0.29) is 18.7 Å². The maximum absolute atomic E-state index is 11.8. The molecular formula is C17H26N2O2S. The number of nitrogens with one attached hydrogen (secondary N) is 2. The Kier molecular flexibility index (Phi) is 6.58. The van der Waals surface area contributed by atoms with Crippen molar-refractivity contribution in [3.63, 3.8) is 0 Å². The molecule has 4 nitrogen and oxygen atoms in total. The molecule has 1 aliphatic rings. The van der Waals surface area contributed by atoms with Gasteiger partial charge in [0.05, 0.1) is 12.6 Å². The van der Waals surface area contributed by atoms with E-state index in [9.17, 15) is 4.79 Å². The van der Waals surface area contributed by atoms with Crippen molar-refractivity contribution >= 4 is 23.5 Å². The zero-order chi connectivity index (χ0) is 15.9. The summed E-state index contributed by atoms with van der Waals surface area (Å²) >= 11 is 1.96. The highest BCUT2D eigenvalue weighted by atomic mass is 32.2. The predicted molar refractivity (Wildman–Crippen MR) is 92.6 cm³/mol. The molecule has 0 aromatic heterocycles. The number of rotatable bonds is 5. The minimum Gasteiger partial charge on any atom is -0.394 e. The van der Waals surface area contributed by atoms with Gasteiger partial charge in [0.25, 0.3) is 0 Å².